The summed E-state index contributed by atoms with van der Waals surface area (Å²) in [6.07, 6.45) is 0. The van der Waals surface area contributed by atoms with Crippen LogP contribution in [-0.2, 0) is 21.4 Å². The molecule has 0 bridgehead atoms. The molecule has 3 rings (SSSR count). The Kier molecular flexibility index (Phi) is 8.53. The maximum absolute atomic E-state index is 13.4. The zero-order chi connectivity index (χ0) is 24.0. The Morgan fingerprint density at radius 3 is 2.21 bits per heavy atom. The molecule has 0 aliphatic heterocycles. The van der Waals surface area contributed by atoms with Crippen molar-refractivity contribution in [1.82, 2.24) is 9.62 Å². The van der Waals surface area contributed by atoms with Crippen molar-refractivity contribution in [2.75, 3.05) is 13.7 Å². The highest BCUT2D eigenvalue weighted by atomic mass is 79.9. The van der Waals surface area contributed by atoms with E-state index in [1.54, 1.807) is 43.5 Å². The predicted octanol–water partition coefficient (Wildman–Crippen LogP) is 5.18. The summed E-state index contributed by atoms with van der Waals surface area (Å²) < 4.78 is 33.8. The second-order valence-corrected chi connectivity index (χ2v) is 10.7. The Morgan fingerprint density at radius 2 is 1.64 bits per heavy atom. The van der Waals surface area contributed by atoms with Crippen LogP contribution in [0.5, 0.6) is 5.75 Å². The van der Waals surface area contributed by atoms with Gasteiger partial charge in [-0.3, -0.25) is 4.79 Å². The number of hydrogen-bond acceptors (Lipinski definition) is 4. The molecule has 0 heterocycles. The van der Waals surface area contributed by atoms with Crippen LogP contribution in [0.4, 0.5) is 0 Å². The average Bonchev–Trinajstić information content (AvgIpc) is 2.80. The molecule has 3 aromatic rings. The molecule has 0 saturated carbocycles. The van der Waals surface area contributed by atoms with E-state index in [4.69, 9.17) is 16.3 Å². The molecule has 3 aromatic carbocycles. The first kappa shape index (κ1) is 25.2. The molecule has 0 saturated heterocycles. The van der Waals surface area contributed by atoms with Crippen LogP contribution in [0.3, 0.4) is 0 Å². The van der Waals surface area contributed by atoms with Crippen LogP contribution >= 0.6 is 27.5 Å². The van der Waals surface area contributed by atoms with Gasteiger partial charge in [0.25, 0.3) is 0 Å². The highest BCUT2D eigenvalue weighted by molar-refractivity contribution is 9.10. The number of carbonyl (C=O) groups is 1. The Bertz CT molecular complexity index is 1180. The van der Waals surface area contributed by atoms with Gasteiger partial charge in [-0.2, -0.15) is 4.31 Å². The number of nitrogens with zero attached hydrogens (tertiary/aromatic N) is 1. The number of amides is 1. The molecule has 0 aliphatic carbocycles. The first-order valence-electron chi connectivity index (χ1n) is 10.1. The van der Waals surface area contributed by atoms with Crippen molar-refractivity contribution in [3.05, 3.63) is 93.4 Å². The van der Waals surface area contributed by atoms with Gasteiger partial charge in [-0.25, -0.2) is 8.42 Å². The van der Waals surface area contributed by atoms with Gasteiger partial charge in [0.15, 0.2) is 0 Å². The highest BCUT2D eigenvalue weighted by Crippen LogP contribution is 2.22. The molecule has 174 valence electrons. The van der Waals surface area contributed by atoms with E-state index < -0.39 is 15.9 Å². The molecular formula is C24H24BrClN2O4S. The molecule has 1 atom stereocenters. The number of sulfonamides is 1. The van der Waals surface area contributed by atoms with Crippen LogP contribution in [0.25, 0.3) is 0 Å². The lowest BCUT2D eigenvalue weighted by Crippen LogP contribution is -2.41. The largest absolute Gasteiger partial charge is 0.497 e. The number of hydrogen-bond donors (Lipinski definition) is 1. The van der Waals surface area contributed by atoms with Crippen molar-refractivity contribution in [3.8, 4) is 5.75 Å². The molecule has 0 aromatic heterocycles. The van der Waals surface area contributed by atoms with E-state index >= 15 is 0 Å². The van der Waals surface area contributed by atoms with Crippen LogP contribution in [-0.4, -0.2) is 32.3 Å². The minimum absolute atomic E-state index is 0.0277. The number of nitrogens with one attached hydrogen (secondary N) is 1. The molecule has 0 aliphatic rings. The van der Waals surface area contributed by atoms with Crippen LogP contribution in [0, 0.1) is 0 Å². The van der Waals surface area contributed by atoms with Crippen molar-refractivity contribution >= 4 is 43.5 Å². The third kappa shape index (κ3) is 6.80. The Labute approximate surface area is 207 Å². The van der Waals surface area contributed by atoms with Gasteiger partial charge in [-0.05, 0) is 66.6 Å². The molecule has 1 amide bonds. The van der Waals surface area contributed by atoms with E-state index in [-0.39, 0.29) is 24.0 Å². The standard InChI is InChI=1S/C24H24BrClN2O4S/c1-17(19-5-11-22(32-2)12-6-19)27-24(29)16-28(15-18-3-9-21(26)10-4-18)33(30,31)23-13-7-20(25)8-14-23/h3-14,17H,15-16H2,1-2H3,(H,27,29). The van der Waals surface area contributed by atoms with Gasteiger partial charge >= 0.3 is 0 Å². The van der Waals surface area contributed by atoms with Crippen molar-refractivity contribution in [2.45, 2.75) is 24.4 Å². The van der Waals surface area contributed by atoms with Gasteiger partial charge in [0.1, 0.15) is 5.75 Å². The first-order chi connectivity index (χ1) is 15.7. The summed E-state index contributed by atoms with van der Waals surface area (Å²) in [4.78, 5) is 13.0. The summed E-state index contributed by atoms with van der Waals surface area (Å²) >= 11 is 9.27. The van der Waals surface area contributed by atoms with Gasteiger partial charge in [-0.15, -0.1) is 0 Å². The van der Waals surface area contributed by atoms with Crippen molar-refractivity contribution < 1.29 is 17.9 Å². The number of halogens is 2. The normalized spacial score (nSPS) is 12.4. The molecule has 1 N–H and O–H groups in total. The summed E-state index contributed by atoms with van der Waals surface area (Å²) in [5.41, 5.74) is 1.60. The van der Waals surface area contributed by atoms with E-state index in [2.05, 4.69) is 21.2 Å². The zero-order valence-corrected chi connectivity index (χ0v) is 21.3. The van der Waals surface area contributed by atoms with Crippen molar-refractivity contribution in [3.63, 3.8) is 0 Å². The summed E-state index contributed by atoms with van der Waals surface area (Å²) in [5.74, 6) is 0.306. The molecule has 0 radical (unpaired) electrons. The number of carbonyl (C=O) groups excluding carboxylic acids is 1. The first-order valence-corrected chi connectivity index (χ1v) is 12.7. The van der Waals surface area contributed by atoms with Crippen LogP contribution in [0.2, 0.25) is 5.02 Å². The molecule has 1 unspecified atom stereocenters. The van der Waals surface area contributed by atoms with E-state index in [0.29, 0.717) is 10.8 Å². The molecule has 9 heteroatoms. The monoisotopic (exact) mass is 550 g/mol. The Hall–Kier alpha value is -2.39. The maximum atomic E-state index is 13.4. The second-order valence-electron chi connectivity index (χ2n) is 7.42. The smallest absolute Gasteiger partial charge is 0.243 e. The van der Waals surface area contributed by atoms with Gasteiger partial charge in [-0.1, -0.05) is 51.8 Å². The predicted molar refractivity (Wildman–Crippen MR) is 133 cm³/mol. The summed E-state index contributed by atoms with van der Waals surface area (Å²) in [7, 11) is -2.34. The summed E-state index contributed by atoms with van der Waals surface area (Å²) in [5, 5.41) is 3.43. The zero-order valence-electron chi connectivity index (χ0n) is 18.2. The Morgan fingerprint density at radius 1 is 1.03 bits per heavy atom. The van der Waals surface area contributed by atoms with Gasteiger partial charge in [0.2, 0.25) is 15.9 Å². The van der Waals surface area contributed by atoms with E-state index in [0.717, 1.165) is 19.9 Å². The van der Waals surface area contributed by atoms with E-state index in [1.165, 1.54) is 12.1 Å². The van der Waals surface area contributed by atoms with Crippen LogP contribution in [0.15, 0.2) is 82.2 Å². The SMILES string of the molecule is COc1ccc(C(C)NC(=O)CN(Cc2ccc(Cl)cc2)S(=O)(=O)c2ccc(Br)cc2)cc1. The lowest BCUT2D eigenvalue weighted by atomic mass is 10.1. The van der Waals surface area contributed by atoms with Crippen molar-refractivity contribution in [2.24, 2.45) is 0 Å². The topological polar surface area (TPSA) is 75.7 Å². The summed E-state index contributed by atoms with van der Waals surface area (Å²) in [6, 6.07) is 20.2. The lowest BCUT2D eigenvalue weighted by molar-refractivity contribution is -0.122. The van der Waals surface area contributed by atoms with Crippen molar-refractivity contribution in [1.29, 1.82) is 0 Å². The molecule has 0 fully saturated rings. The number of benzene rings is 3. The Balaban J connectivity index is 1.81. The van der Waals surface area contributed by atoms with Crippen LogP contribution < -0.4 is 10.1 Å². The molecular weight excluding hydrogens is 528 g/mol. The summed E-state index contributed by atoms with van der Waals surface area (Å²) in [6.45, 7) is 1.54. The highest BCUT2D eigenvalue weighted by Gasteiger charge is 2.27. The fourth-order valence-electron chi connectivity index (χ4n) is 3.20. The quantitative estimate of drug-likeness (QED) is 0.398. The number of methoxy groups -OCH3 is 1. The lowest BCUT2D eigenvalue weighted by Gasteiger charge is -2.23. The third-order valence-corrected chi connectivity index (χ3v) is 7.62. The molecule has 0 spiro atoms. The maximum Gasteiger partial charge on any atom is 0.243 e. The number of rotatable bonds is 9. The minimum atomic E-state index is -3.93. The molecule has 33 heavy (non-hydrogen) atoms. The van der Waals surface area contributed by atoms with Gasteiger partial charge in [0.05, 0.1) is 24.6 Å². The van der Waals surface area contributed by atoms with E-state index in [9.17, 15) is 13.2 Å². The minimum Gasteiger partial charge on any atom is -0.497 e. The van der Waals surface area contributed by atoms with Gasteiger partial charge in [0, 0.05) is 16.0 Å². The second kappa shape index (κ2) is 11.2. The van der Waals surface area contributed by atoms with E-state index in [1.807, 2.05) is 31.2 Å². The molecule has 6 nitrogen and oxygen atoms in total. The fraction of sp³-hybridized carbons (Fsp3) is 0.208. The van der Waals surface area contributed by atoms with Gasteiger partial charge < -0.3 is 10.1 Å². The van der Waals surface area contributed by atoms with Crippen LogP contribution in [0.1, 0.15) is 24.1 Å². The fourth-order valence-corrected chi connectivity index (χ4v) is 4.97. The average molecular weight is 552 g/mol. The number of ether oxygens (including phenoxy) is 1. The third-order valence-electron chi connectivity index (χ3n) is 5.04.